The molecule has 0 saturated heterocycles. The molecule has 4 heteroatoms. The minimum Gasteiger partial charge on any atom is -0.386 e. The molecule has 3 aromatic carbocycles. The molecule has 36 heavy (non-hydrogen) atoms. The van der Waals surface area contributed by atoms with Crippen molar-refractivity contribution in [3.8, 4) is 5.69 Å². The van der Waals surface area contributed by atoms with Crippen molar-refractivity contribution >= 4 is 17.0 Å². The Bertz CT molecular complexity index is 1430. The van der Waals surface area contributed by atoms with Crippen LogP contribution in [0.3, 0.4) is 0 Å². The zero-order valence-corrected chi connectivity index (χ0v) is 21.0. The molecule has 1 saturated carbocycles. The second-order valence-electron chi connectivity index (χ2n) is 10.9. The molecular weight excluding hydrogens is 447 g/mol. The van der Waals surface area contributed by atoms with Gasteiger partial charge in [-0.1, -0.05) is 43.3 Å². The number of aliphatic hydroxyl groups is 1. The van der Waals surface area contributed by atoms with E-state index in [4.69, 9.17) is 0 Å². The molecule has 3 atom stereocenters. The maximum atomic E-state index is 13.5. The largest absolute Gasteiger partial charge is 0.386 e. The van der Waals surface area contributed by atoms with Gasteiger partial charge in [-0.25, -0.2) is 9.07 Å². The molecule has 0 amide bonds. The van der Waals surface area contributed by atoms with E-state index in [0.29, 0.717) is 5.92 Å². The smallest absolute Gasteiger partial charge is 0.123 e. The van der Waals surface area contributed by atoms with Gasteiger partial charge in [0.25, 0.3) is 0 Å². The van der Waals surface area contributed by atoms with Crippen LogP contribution in [0.4, 0.5) is 4.39 Å². The molecule has 0 aliphatic heterocycles. The van der Waals surface area contributed by atoms with Gasteiger partial charge >= 0.3 is 0 Å². The number of halogens is 1. The first-order chi connectivity index (χ1) is 17.4. The van der Waals surface area contributed by atoms with E-state index in [9.17, 15) is 9.50 Å². The number of hydrogen-bond donors (Lipinski definition) is 1. The molecule has 6 rings (SSSR count). The van der Waals surface area contributed by atoms with E-state index in [0.717, 1.165) is 66.3 Å². The second-order valence-corrected chi connectivity index (χ2v) is 10.9. The summed E-state index contributed by atoms with van der Waals surface area (Å²) in [6.07, 6.45) is 10.1. The maximum Gasteiger partial charge on any atom is 0.123 e. The standard InChI is InChI=1S/C32H33FN2O/c1-3-32-20-26(16-22-8-5-4-6-9-22)31(2,36)19-25(32)11-7-10-23-18-30-24(17-29(23)32)21-34-35(30)28-14-12-27(33)13-15-28/h4-6,8-9,12-18,21,25,36H,3,7,10-11,19-20H2,1-2H3/b26-16+/t25-,31+,32+/m0/s1. The van der Waals surface area contributed by atoms with Gasteiger partial charge in [0.1, 0.15) is 5.82 Å². The van der Waals surface area contributed by atoms with Gasteiger partial charge in [0, 0.05) is 10.8 Å². The van der Waals surface area contributed by atoms with Crippen LogP contribution in [0.15, 0.2) is 78.5 Å². The summed E-state index contributed by atoms with van der Waals surface area (Å²) >= 11 is 0. The fourth-order valence-electron chi connectivity index (χ4n) is 6.85. The molecule has 2 aliphatic rings. The Morgan fingerprint density at radius 3 is 2.64 bits per heavy atom. The van der Waals surface area contributed by atoms with Gasteiger partial charge in [-0.05, 0) is 110 Å². The Morgan fingerprint density at radius 1 is 1.11 bits per heavy atom. The Kier molecular flexibility index (Phi) is 5.60. The highest BCUT2D eigenvalue weighted by atomic mass is 19.1. The maximum absolute atomic E-state index is 13.5. The molecule has 3 nitrogen and oxygen atoms in total. The molecule has 0 bridgehead atoms. The normalized spacial score (nSPS) is 27.0. The minimum atomic E-state index is -0.804. The quantitative estimate of drug-likeness (QED) is 0.332. The minimum absolute atomic E-state index is 0.0130. The van der Waals surface area contributed by atoms with Gasteiger partial charge in [0.2, 0.25) is 0 Å². The molecule has 184 valence electrons. The number of rotatable bonds is 3. The van der Waals surface area contributed by atoms with E-state index in [1.165, 1.54) is 23.3 Å². The predicted octanol–water partition coefficient (Wildman–Crippen LogP) is 7.39. The van der Waals surface area contributed by atoms with Gasteiger partial charge in [-0.15, -0.1) is 0 Å². The van der Waals surface area contributed by atoms with Crippen LogP contribution in [0.1, 0.15) is 62.6 Å². The zero-order chi connectivity index (χ0) is 24.9. The Balaban J connectivity index is 1.49. The second kappa shape index (κ2) is 8.70. The van der Waals surface area contributed by atoms with Crippen molar-refractivity contribution in [2.24, 2.45) is 5.92 Å². The summed E-state index contributed by atoms with van der Waals surface area (Å²) in [4.78, 5) is 0. The summed E-state index contributed by atoms with van der Waals surface area (Å²) in [5, 5.41) is 17.4. The molecule has 0 radical (unpaired) electrons. The van der Waals surface area contributed by atoms with Crippen LogP contribution < -0.4 is 0 Å². The Hall–Kier alpha value is -3.24. The molecule has 0 unspecified atom stereocenters. The van der Waals surface area contributed by atoms with Crippen molar-refractivity contribution in [3.05, 3.63) is 101 Å². The van der Waals surface area contributed by atoms with E-state index in [1.54, 1.807) is 12.1 Å². The van der Waals surface area contributed by atoms with E-state index in [-0.39, 0.29) is 11.2 Å². The first kappa shape index (κ1) is 23.2. The SMILES string of the molecule is CC[C@@]12C/C(=C\c3ccccc3)[C@](C)(O)C[C@@H]1CCCc1cc3c(cnn3-c3ccc(F)cc3)cc12. The van der Waals surface area contributed by atoms with E-state index < -0.39 is 5.60 Å². The van der Waals surface area contributed by atoms with Crippen LogP contribution in [0, 0.1) is 11.7 Å². The summed E-state index contributed by atoms with van der Waals surface area (Å²) in [6, 6.07) is 21.6. The first-order valence-corrected chi connectivity index (χ1v) is 13.2. The topological polar surface area (TPSA) is 38.1 Å². The Morgan fingerprint density at radius 2 is 1.89 bits per heavy atom. The van der Waals surface area contributed by atoms with Crippen LogP contribution in [-0.2, 0) is 11.8 Å². The fourth-order valence-corrected chi connectivity index (χ4v) is 6.85. The lowest BCUT2D eigenvalue weighted by Crippen LogP contribution is -2.47. The zero-order valence-electron chi connectivity index (χ0n) is 21.0. The summed E-state index contributed by atoms with van der Waals surface area (Å²) < 4.78 is 15.4. The highest BCUT2D eigenvalue weighted by Gasteiger charge is 2.50. The van der Waals surface area contributed by atoms with Crippen molar-refractivity contribution in [1.29, 1.82) is 0 Å². The van der Waals surface area contributed by atoms with Gasteiger partial charge < -0.3 is 5.11 Å². The number of nitrogens with zero attached hydrogens (tertiary/aromatic N) is 2. The Labute approximate surface area is 212 Å². The molecule has 1 fully saturated rings. The number of aryl methyl sites for hydroxylation is 1. The monoisotopic (exact) mass is 480 g/mol. The lowest BCUT2D eigenvalue weighted by Gasteiger charge is -2.50. The van der Waals surface area contributed by atoms with Crippen LogP contribution in [0.5, 0.6) is 0 Å². The third-order valence-electron chi connectivity index (χ3n) is 8.79. The number of hydrogen-bond acceptors (Lipinski definition) is 2. The van der Waals surface area contributed by atoms with Gasteiger partial charge in [-0.3, -0.25) is 0 Å². The highest BCUT2D eigenvalue weighted by Crippen LogP contribution is 2.56. The summed E-state index contributed by atoms with van der Waals surface area (Å²) in [5.74, 6) is 0.184. The number of fused-ring (bicyclic) bond motifs is 4. The third kappa shape index (κ3) is 3.79. The van der Waals surface area contributed by atoms with Crippen molar-refractivity contribution in [2.45, 2.75) is 63.4 Å². The van der Waals surface area contributed by atoms with Crippen LogP contribution in [0.25, 0.3) is 22.7 Å². The highest BCUT2D eigenvalue weighted by molar-refractivity contribution is 5.83. The van der Waals surface area contributed by atoms with Gasteiger partial charge in [0.15, 0.2) is 0 Å². The number of aromatic nitrogens is 2. The average molecular weight is 481 g/mol. The lowest BCUT2D eigenvalue weighted by atomic mass is 9.55. The first-order valence-electron chi connectivity index (χ1n) is 13.2. The fraction of sp³-hybridized carbons (Fsp3) is 0.344. The molecule has 0 spiro atoms. The summed E-state index contributed by atoms with van der Waals surface area (Å²) in [6.45, 7) is 4.32. The molecule has 1 heterocycles. The predicted molar refractivity (Wildman–Crippen MR) is 144 cm³/mol. The van der Waals surface area contributed by atoms with Gasteiger partial charge in [-0.2, -0.15) is 5.10 Å². The average Bonchev–Trinajstić information content (AvgIpc) is 3.22. The van der Waals surface area contributed by atoms with Gasteiger partial charge in [0.05, 0.1) is 23.0 Å². The third-order valence-corrected chi connectivity index (χ3v) is 8.79. The van der Waals surface area contributed by atoms with Crippen LogP contribution in [0.2, 0.25) is 0 Å². The molecular formula is C32H33FN2O. The van der Waals surface area contributed by atoms with Crippen molar-refractivity contribution in [3.63, 3.8) is 0 Å². The van der Waals surface area contributed by atoms with Crippen molar-refractivity contribution in [1.82, 2.24) is 9.78 Å². The summed E-state index contributed by atoms with van der Waals surface area (Å²) in [5.41, 5.74) is 6.19. The van der Waals surface area contributed by atoms with Crippen LogP contribution >= 0.6 is 0 Å². The molecule has 1 aromatic heterocycles. The number of benzene rings is 3. The van der Waals surface area contributed by atoms with Crippen molar-refractivity contribution < 1.29 is 9.50 Å². The van der Waals surface area contributed by atoms with E-state index >= 15 is 0 Å². The molecule has 1 N–H and O–H groups in total. The lowest BCUT2D eigenvalue weighted by molar-refractivity contribution is 0.0136. The molecule has 2 aliphatic carbocycles. The van der Waals surface area contributed by atoms with Crippen LogP contribution in [-0.4, -0.2) is 20.5 Å². The van der Waals surface area contributed by atoms with Crippen molar-refractivity contribution in [2.75, 3.05) is 0 Å². The molecule has 4 aromatic rings. The summed E-state index contributed by atoms with van der Waals surface area (Å²) in [7, 11) is 0. The van der Waals surface area contributed by atoms with E-state index in [1.807, 2.05) is 23.9 Å². The van der Waals surface area contributed by atoms with E-state index in [2.05, 4.69) is 54.5 Å².